The van der Waals surface area contributed by atoms with Gasteiger partial charge in [0.25, 0.3) is 0 Å². The van der Waals surface area contributed by atoms with Crippen LogP contribution in [0.3, 0.4) is 0 Å². The second-order valence-corrected chi connectivity index (χ2v) is 11.1. The van der Waals surface area contributed by atoms with Crippen LogP contribution in [0.25, 0.3) is 0 Å². The Morgan fingerprint density at radius 1 is 0.816 bits per heavy atom. The summed E-state index contributed by atoms with van der Waals surface area (Å²) in [7, 11) is 0. The predicted octanol–water partition coefficient (Wildman–Crippen LogP) is 4.03. The summed E-state index contributed by atoms with van der Waals surface area (Å²) in [6.45, 7) is 11.6. The quantitative estimate of drug-likeness (QED) is 0.403. The lowest BCUT2D eigenvalue weighted by Gasteiger charge is -2.29. The van der Waals surface area contributed by atoms with E-state index in [9.17, 15) is 32.3 Å². The van der Waals surface area contributed by atoms with E-state index in [0.29, 0.717) is 0 Å². The average molecular weight is 546 g/mol. The largest absolute Gasteiger partial charge is 0.458 e. The monoisotopic (exact) mass is 545 g/mol. The number of hydrogen-bond donors (Lipinski definition) is 3. The molecule has 0 fully saturated rings. The highest BCUT2D eigenvalue weighted by atomic mass is 19.4. The molecule has 0 aliphatic rings. The number of amides is 3. The van der Waals surface area contributed by atoms with Crippen LogP contribution in [0.2, 0.25) is 0 Å². The Bertz CT molecular complexity index is 969. The Labute approximate surface area is 221 Å². The highest BCUT2D eigenvalue weighted by Gasteiger charge is 2.46. The molecule has 0 spiro atoms. The molecule has 1 aromatic rings. The van der Waals surface area contributed by atoms with Crippen molar-refractivity contribution in [3.63, 3.8) is 0 Å². The summed E-state index contributed by atoms with van der Waals surface area (Å²) in [4.78, 5) is 50.4. The second kappa shape index (κ2) is 13.0. The average Bonchev–Trinajstić information content (AvgIpc) is 2.72. The van der Waals surface area contributed by atoms with Gasteiger partial charge in [-0.3, -0.25) is 9.59 Å². The highest BCUT2D eigenvalue weighted by Crippen LogP contribution is 2.27. The second-order valence-electron chi connectivity index (χ2n) is 11.1. The van der Waals surface area contributed by atoms with E-state index in [-0.39, 0.29) is 5.56 Å². The summed E-state index contributed by atoms with van der Waals surface area (Å²) in [6, 6.07) is 5.10. The number of hydrogen-bond acceptors (Lipinski definition) is 6. The van der Waals surface area contributed by atoms with Gasteiger partial charge in [0.05, 0.1) is 0 Å². The molecule has 38 heavy (non-hydrogen) atoms. The van der Waals surface area contributed by atoms with Crippen LogP contribution in [0, 0.1) is 11.8 Å². The van der Waals surface area contributed by atoms with Crippen molar-refractivity contribution in [2.45, 2.75) is 84.9 Å². The van der Waals surface area contributed by atoms with Crippen molar-refractivity contribution in [1.82, 2.24) is 16.0 Å². The van der Waals surface area contributed by atoms with Crippen LogP contribution >= 0.6 is 0 Å². The van der Waals surface area contributed by atoms with Crippen LogP contribution in [-0.2, 0) is 23.9 Å². The van der Waals surface area contributed by atoms with E-state index in [2.05, 4.69) is 16.0 Å². The van der Waals surface area contributed by atoms with Crippen molar-refractivity contribution in [3.8, 4) is 0 Å². The molecule has 3 amide bonds. The molecule has 9 nitrogen and oxygen atoms in total. The molecule has 3 N–H and O–H groups in total. The van der Waals surface area contributed by atoms with E-state index in [1.807, 2.05) is 0 Å². The SMILES string of the molecule is CC(C)[C@H](NC(=O)[C@H](CNC(=O)[C@@H](NC(=O)OC(C)(C)C)c1ccccc1)C(F)(F)F)C(=O)OC(C)(C)C. The number of halogens is 3. The fourth-order valence-electron chi connectivity index (χ4n) is 3.15. The van der Waals surface area contributed by atoms with E-state index in [0.717, 1.165) is 0 Å². The highest BCUT2D eigenvalue weighted by molar-refractivity contribution is 5.89. The zero-order chi connectivity index (χ0) is 29.5. The van der Waals surface area contributed by atoms with Crippen molar-refractivity contribution in [2.75, 3.05) is 6.54 Å². The van der Waals surface area contributed by atoms with Gasteiger partial charge in [-0.05, 0) is 53.0 Å². The number of carbonyl (C=O) groups is 4. The minimum Gasteiger partial charge on any atom is -0.458 e. The first-order chi connectivity index (χ1) is 17.2. The van der Waals surface area contributed by atoms with Gasteiger partial charge in [0.1, 0.15) is 23.3 Å². The number of carbonyl (C=O) groups excluding carboxylic acids is 4. The molecule has 0 radical (unpaired) electrons. The minimum atomic E-state index is -5.05. The Balaban J connectivity index is 3.09. The van der Waals surface area contributed by atoms with Crippen LogP contribution in [0.15, 0.2) is 30.3 Å². The predicted molar refractivity (Wildman–Crippen MR) is 134 cm³/mol. The third-order valence-corrected chi connectivity index (χ3v) is 4.87. The standard InChI is InChI=1S/C26H38F3N3O6/c1-15(2)18(22(35)37-24(3,4)5)31-20(33)17(26(27,28)29)14-30-21(34)19(16-12-10-9-11-13-16)32-23(36)38-25(6,7)8/h9-13,15,17-19H,14H2,1-8H3,(H,30,34)(H,31,33)(H,32,36)/t17-,18-,19-/m0/s1. The maximum Gasteiger partial charge on any atom is 0.408 e. The molecule has 214 valence electrons. The van der Waals surface area contributed by atoms with Crippen molar-refractivity contribution < 1.29 is 41.8 Å². The molecule has 12 heteroatoms. The van der Waals surface area contributed by atoms with Crippen LogP contribution in [0.4, 0.5) is 18.0 Å². The van der Waals surface area contributed by atoms with Gasteiger partial charge in [0.2, 0.25) is 11.8 Å². The summed E-state index contributed by atoms with van der Waals surface area (Å²) in [6.07, 6.45) is -6.00. The van der Waals surface area contributed by atoms with Crippen molar-refractivity contribution in [3.05, 3.63) is 35.9 Å². The summed E-state index contributed by atoms with van der Waals surface area (Å²) in [5.41, 5.74) is -1.52. The van der Waals surface area contributed by atoms with Gasteiger partial charge in [-0.15, -0.1) is 0 Å². The summed E-state index contributed by atoms with van der Waals surface area (Å²) in [5.74, 6) is -6.61. The van der Waals surface area contributed by atoms with E-state index in [1.165, 1.54) is 12.1 Å². The molecule has 3 atom stereocenters. The number of esters is 1. The Morgan fingerprint density at radius 2 is 1.34 bits per heavy atom. The van der Waals surface area contributed by atoms with E-state index < -0.39 is 71.7 Å². The fraction of sp³-hybridized carbons (Fsp3) is 0.615. The lowest BCUT2D eigenvalue weighted by Crippen LogP contribution is -2.54. The fourth-order valence-corrected chi connectivity index (χ4v) is 3.15. The summed E-state index contributed by atoms with van der Waals surface area (Å²) in [5, 5.41) is 6.56. The molecule has 1 rings (SSSR count). The normalized spacial score (nSPS) is 14.6. The number of nitrogens with one attached hydrogen (secondary N) is 3. The van der Waals surface area contributed by atoms with Gasteiger partial charge in [-0.25, -0.2) is 9.59 Å². The molecule has 0 unspecified atom stereocenters. The van der Waals surface area contributed by atoms with Crippen LogP contribution < -0.4 is 16.0 Å². The molecule has 0 aliphatic carbocycles. The number of alkyl carbamates (subject to hydrolysis) is 1. The van der Waals surface area contributed by atoms with Crippen molar-refractivity contribution in [1.29, 1.82) is 0 Å². The molecule has 0 aromatic heterocycles. The molecule has 0 aliphatic heterocycles. The van der Waals surface area contributed by atoms with E-state index in [1.54, 1.807) is 73.6 Å². The Hall–Kier alpha value is -3.31. The summed E-state index contributed by atoms with van der Waals surface area (Å²) >= 11 is 0. The maximum absolute atomic E-state index is 13.8. The van der Waals surface area contributed by atoms with Gasteiger partial charge < -0.3 is 25.4 Å². The third-order valence-electron chi connectivity index (χ3n) is 4.87. The van der Waals surface area contributed by atoms with Gasteiger partial charge in [0.15, 0.2) is 5.92 Å². The smallest absolute Gasteiger partial charge is 0.408 e. The number of ether oxygens (including phenoxy) is 2. The maximum atomic E-state index is 13.8. The third kappa shape index (κ3) is 11.4. The molecular weight excluding hydrogens is 507 g/mol. The molecular formula is C26H38F3N3O6. The van der Waals surface area contributed by atoms with Gasteiger partial charge >= 0.3 is 18.2 Å². The topological polar surface area (TPSA) is 123 Å². The molecule has 1 aromatic carbocycles. The van der Waals surface area contributed by atoms with Crippen LogP contribution in [-0.4, -0.2) is 53.8 Å². The van der Waals surface area contributed by atoms with Crippen LogP contribution in [0.5, 0.6) is 0 Å². The first-order valence-corrected chi connectivity index (χ1v) is 12.1. The van der Waals surface area contributed by atoms with Gasteiger partial charge in [-0.1, -0.05) is 44.2 Å². The number of benzene rings is 1. The Morgan fingerprint density at radius 3 is 1.79 bits per heavy atom. The van der Waals surface area contributed by atoms with Crippen molar-refractivity contribution >= 4 is 23.9 Å². The lowest BCUT2D eigenvalue weighted by atomic mass is 10.0. The lowest BCUT2D eigenvalue weighted by molar-refractivity contribution is -0.184. The molecule has 0 saturated heterocycles. The van der Waals surface area contributed by atoms with E-state index in [4.69, 9.17) is 9.47 Å². The first-order valence-electron chi connectivity index (χ1n) is 12.1. The van der Waals surface area contributed by atoms with Crippen LogP contribution in [0.1, 0.15) is 67.0 Å². The van der Waals surface area contributed by atoms with Gasteiger partial charge in [0, 0.05) is 6.54 Å². The first kappa shape index (κ1) is 32.7. The zero-order valence-corrected chi connectivity index (χ0v) is 23.0. The Kier molecular flexibility index (Phi) is 11.2. The molecule has 0 bridgehead atoms. The zero-order valence-electron chi connectivity index (χ0n) is 23.0. The minimum absolute atomic E-state index is 0.286. The van der Waals surface area contributed by atoms with E-state index >= 15 is 0 Å². The number of rotatable bonds is 9. The molecule has 0 heterocycles. The number of alkyl halides is 3. The van der Waals surface area contributed by atoms with Crippen molar-refractivity contribution in [2.24, 2.45) is 11.8 Å². The molecule has 0 saturated carbocycles. The van der Waals surface area contributed by atoms with Gasteiger partial charge in [-0.2, -0.15) is 13.2 Å². The summed E-state index contributed by atoms with van der Waals surface area (Å²) < 4.78 is 51.9.